The zero-order valence-corrected chi connectivity index (χ0v) is 16.3. The van der Waals surface area contributed by atoms with Gasteiger partial charge >= 0.3 is 5.97 Å². The van der Waals surface area contributed by atoms with E-state index in [-0.39, 0.29) is 5.56 Å². The number of nitrogens with zero attached hydrogens (tertiary/aromatic N) is 1. The first-order chi connectivity index (χ1) is 14.0. The minimum atomic E-state index is -0.956. The number of hydrogen-bond acceptors (Lipinski definition) is 3. The quantitative estimate of drug-likeness (QED) is 0.473. The van der Waals surface area contributed by atoms with Crippen LogP contribution < -0.4 is 4.74 Å². The number of carbonyl (C=O) groups is 1. The smallest absolute Gasteiger partial charge is 0.336 e. The van der Waals surface area contributed by atoms with Crippen molar-refractivity contribution in [2.75, 3.05) is 0 Å². The average Bonchev–Trinajstić information content (AvgIpc) is 2.73. The molecule has 4 nitrogen and oxygen atoms in total. The van der Waals surface area contributed by atoms with Crippen molar-refractivity contribution in [3.8, 4) is 17.0 Å². The highest BCUT2D eigenvalue weighted by Gasteiger charge is 2.13. The second-order valence-electron chi connectivity index (χ2n) is 7.18. The van der Waals surface area contributed by atoms with Crippen molar-refractivity contribution in [3.63, 3.8) is 0 Å². The van der Waals surface area contributed by atoms with Crippen molar-refractivity contribution in [1.29, 1.82) is 0 Å². The molecular weight excluding hydrogens is 362 g/mol. The molecule has 0 spiro atoms. The van der Waals surface area contributed by atoms with Crippen molar-refractivity contribution >= 4 is 16.9 Å². The van der Waals surface area contributed by atoms with Gasteiger partial charge in [-0.1, -0.05) is 41.5 Å². The SMILES string of the molecule is Cc1ccc(COc2ccc(-c3cc(C(=O)O)c4cc(C)ccc4n3)cc2)cc1. The fourth-order valence-electron chi connectivity index (χ4n) is 3.24. The summed E-state index contributed by atoms with van der Waals surface area (Å²) >= 11 is 0. The van der Waals surface area contributed by atoms with Gasteiger partial charge in [0.2, 0.25) is 0 Å². The van der Waals surface area contributed by atoms with Crippen LogP contribution in [0.25, 0.3) is 22.2 Å². The molecule has 0 amide bonds. The van der Waals surface area contributed by atoms with E-state index in [1.165, 1.54) is 5.56 Å². The van der Waals surface area contributed by atoms with E-state index >= 15 is 0 Å². The van der Waals surface area contributed by atoms with Gasteiger partial charge in [-0.15, -0.1) is 0 Å². The summed E-state index contributed by atoms with van der Waals surface area (Å²) in [7, 11) is 0. The van der Waals surface area contributed by atoms with E-state index in [2.05, 4.69) is 36.2 Å². The Morgan fingerprint density at radius 3 is 2.28 bits per heavy atom. The molecule has 0 bridgehead atoms. The summed E-state index contributed by atoms with van der Waals surface area (Å²) in [4.78, 5) is 16.4. The number of ether oxygens (including phenoxy) is 1. The second kappa shape index (κ2) is 7.76. The summed E-state index contributed by atoms with van der Waals surface area (Å²) < 4.78 is 5.85. The van der Waals surface area contributed by atoms with Crippen LogP contribution in [0, 0.1) is 13.8 Å². The van der Waals surface area contributed by atoms with Crippen LogP contribution in [0.3, 0.4) is 0 Å². The van der Waals surface area contributed by atoms with Gasteiger partial charge in [0.25, 0.3) is 0 Å². The molecule has 1 heterocycles. The van der Waals surface area contributed by atoms with E-state index in [0.717, 1.165) is 22.4 Å². The zero-order chi connectivity index (χ0) is 20.4. The molecule has 0 unspecified atom stereocenters. The highest BCUT2D eigenvalue weighted by molar-refractivity contribution is 6.03. The van der Waals surface area contributed by atoms with Gasteiger partial charge in [0.1, 0.15) is 12.4 Å². The fourth-order valence-corrected chi connectivity index (χ4v) is 3.24. The molecule has 1 aromatic heterocycles. The number of carboxylic acid groups (broad SMARTS) is 1. The van der Waals surface area contributed by atoms with Crippen LogP contribution in [-0.2, 0) is 6.61 Å². The molecule has 0 atom stereocenters. The van der Waals surface area contributed by atoms with E-state index in [9.17, 15) is 9.90 Å². The summed E-state index contributed by atoms with van der Waals surface area (Å²) in [5, 5.41) is 10.3. The minimum absolute atomic E-state index is 0.258. The predicted molar refractivity (Wildman–Crippen MR) is 114 cm³/mol. The maximum Gasteiger partial charge on any atom is 0.336 e. The van der Waals surface area contributed by atoms with Crippen LogP contribution >= 0.6 is 0 Å². The Bertz CT molecular complexity index is 1180. The number of fused-ring (bicyclic) bond motifs is 1. The molecule has 144 valence electrons. The second-order valence-corrected chi connectivity index (χ2v) is 7.18. The molecule has 29 heavy (non-hydrogen) atoms. The Morgan fingerprint density at radius 1 is 0.897 bits per heavy atom. The third-order valence-electron chi connectivity index (χ3n) is 4.87. The average molecular weight is 383 g/mol. The molecule has 3 aromatic carbocycles. The van der Waals surface area contributed by atoms with E-state index in [4.69, 9.17) is 4.74 Å². The lowest BCUT2D eigenvalue weighted by molar-refractivity contribution is 0.0699. The van der Waals surface area contributed by atoms with E-state index in [1.807, 2.05) is 49.4 Å². The molecule has 0 saturated heterocycles. The molecule has 4 aromatic rings. The Kier molecular flexibility index (Phi) is 5.00. The number of aryl methyl sites for hydroxylation is 2. The van der Waals surface area contributed by atoms with Crippen molar-refractivity contribution < 1.29 is 14.6 Å². The van der Waals surface area contributed by atoms with E-state index in [0.29, 0.717) is 23.2 Å². The number of aromatic carboxylic acids is 1. The molecule has 0 aliphatic heterocycles. The summed E-state index contributed by atoms with van der Waals surface area (Å²) in [6.07, 6.45) is 0. The number of benzene rings is 3. The third kappa shape index (κ3) is 4.11. The lowest BCUT2D eigenvalue weighted by Crippen LogP contribution is -2.00. The van der Waals surface area contributed by atoms with Crippen molar-refractivity contribution in [3.05, 3.63) is 95.1 Å². The Labute approximate surface area is 169 Å². The summed E-state index contributed by atoms with van der Waals surface area (Å²) in [6.45, 7) is 4.49. The molecule has 0 saturated carbocycles. The molecule has 0 aliphatic carbocycles. The number of aromatic nitrogens is 1. The van der Waals surface area contributed by atoms with Gasteiger partial charge in [0, 0.05) is 10.9 Å². The molecule has 4 rings (SSSR count). The largest absolute Gasteiger partial charge is 0.489 e. The van der Waals surface area contributed by atoms with E-state index < -0.39 is 5.97 Å². The summed E-state index contributed by atoms with van der Waals surface area (Å²) in [5.41, 5.74) is 5.74. The van der Waals surface area contributed by atoms with Gasteiger partial charge in [-0.05, 0) is 61.9 Å². The van der Waals surface area contributed by atoms with Crippen LogP contribution in [-0.4, -0.2) is 16.1 Å². The van der Waals surface area contributed by atoms with Gasteiger partial charge < -0.3 is 9.84 Å². The number of hydrogen-bond donors (Lipinski definition) is 1. The Hall–Kier alpha value is -3.66. The van der Waals surface area contributed by atoms with Crippen molar-refractivity contribution in [1.82, 2.24) is 4.98 Å². The Balaban J connectivity index is 1.60. The van der Waals surface area contributed by atoms with Crippen LogP contribution in [0.2, 0.25) is 0 Å². The van der Waals surface area contributed by atoms with Gasteiger partial charge in [0.15, 0.2) is 0 Å². The highest BCUT2D eigenvalue weighted by Crippen LogP contribution is 2.27. The topological polar surface area (TPSA) is 59.4 Å². The first kappa shape index (κ1) is 18.7. The monoisotopic (exact) mass is 383 g/mol. The summed E-state index contributed by atoms with van der Waals surface area (Å²) in [5.74, 6) is -0.202. The van der Waals surface area contributed by atoms with Crippen LogP contribution in [0.1, 0.15) is 27.0 Å². The molecule has 1 N–H and O–H groups in total. The standard InChI is InChI=1S/C25H21NO3/c1-16-3-6-18(7-4-16)15-29-20-10-8-19(9-11-20)24-14-22(25(27)28)21-13-17(2)5-12-23(21)26-24/h3-14H,15H2,1-2H3,(H,27,28). The molecule has 4 heteroatoms. The number of rotatable bonds is 5. The predicted octanol–water partition coefficient (Wildman–Crippen LogP) is 5.80. The molecule has 0 radical (unpaired) electrons. The van der Waals surface area contributed by atoms with E-state index in [1.54, 1.807) is 6.07 Å². The first-order valence-electron chi connectivity index (χ1n) is 9.43. The van der Waals surface area contributed by atoms with Gasteiger partial charge in [-0.3, -0.25) is 0 Å². The zero-order valence-electron chi connectivity index (χ0n) is 16.3. The maximum atomic E-state index is 11.8. The number of carboxylic acids is 1. The van der Waals surface area contributed by atoms with Crippen molar-refractivity contribution in [2.45, 2.75) is 20.5 Å². The molecule has 0 fully saturated rings. The summed E-state index contributed by atoms with van der Waals surface area (Å²) in [6, 6.07) is 23.1. The third-order valence-corrected chi connectivity index (χ3v) is 4.87. The fraction of sp³-hybridized carbons (Fsp3) is 0.120. The molecular formula is C25H21NO3. The van der Waals surface area contributed by atoms with Crippen molar-refractivity contribution in [2.24, 2.45) is 0 Å². The minimum Gasteiger partial charge on any atom is -0.489 e. The van der Waals surface area contributed by atoms with Crippen LogP contribution in [0.5, 0.6) is 5.75 Å². The van der Waals surface area contributed by atoms with Crippen LogP contribution in [0.4, 0.5) is 0 Å². The van der Waals surface area contributed by atoms with Gasteiger partial charge in [-0.25, -0.2) is 9.78 Å². The lowest BCUT2D eigenvalue weighted by atomic mass is 10.0. The van der Waals surface area contributed by atoms with Gasteiger partial charge in [-0.2, -0.15) is 0 Å². The number of pyridine rings is 1. The maximum absolute atomic E-state index is 11.8. The molecule has 0 aliphatic rings. The first-order valence-corrected chi connectivity index (χ1v) is 9.43. The van der Waals surface area contributed by atoms with Crippen LogP contribution in [0.15, 0.2) is 72.8 Å². The normalized spacial score (nSPS) is 10.8. The lowest BCUT2D eigenvalue weighted by Gasteiger charge is -2.10. The highest BCUT2D eigenvalue weighted by atomic mass is 16.5. The Morgan fingerprint density at radius 2 is 1.59 bits per heavy atom. The van der Waals surface area contributed by atoms with Gasteiger partial charge in [0.05, 0.1) is 16.8 Å².